The van der Waals surface area contributed by atoms with Crippen molar-refractivity contribution in [3.63, 3.8) is 0 Å². The lowest BCUT2D eigenvalue weighted by atomic mass is 10.2. The monoisotopic (exact) mass is 419 g/mol. The van der Waals surface area contributed by atoms with Crippen LogP contribution in [0.4, 0.5) is 0 Å². The minimum absolute atomic E-state index is 0.176. The van der Waals surface area contributed by atoms with Crippen LogP contribution in [0.25, 0.3) is 0 Å². The third-order valence-electron chi connectivity index (χ3n) is 3.77. The number of hydrogen-bond donors (Lipinski definition) is 0. The third kappa shape index (κ3) is 3.99. The molecule has 0 aliphatic rings. The summed E-state index contributed by atoms with van der Waals surface area (Å²) in [7, 11) is 0. The van der Waals surface area contributed by atoms with Gasteiger partial charge in [0.25, 0.3) is 5.56 Å². The van der Waals surface area contributed by atoms with Crippen molar-refractivity contribution in [3.8, 4) is 0 Å². The minimum Gasteiger partial charge on any atom is -0.295 e. The molecular formula is C18H18BrN3O2S. The van der Waals surface area contributed by atoms with Gasteiger partial charge in [-0.1, -0.05) is 44.2 Å². The molecule has 0 fully saturated rings. The second-order valence-corrected chi connectivity index (χ2v) is 7.84. The number of rotatable bonds is 5. The molecule has 0 saturated heterocycles. The average molecular weight is 420 g/mol. The van der Waals surface area contributed by atoms with Crippen LogP contribution in [0, 0.1) is 0 Å². The van der Waals surface area contributed by atoms with E-state index >= 15 is 0 Å². The Labute approximate surface area is 157 Å². The zero-order chi connectivity index (χ0) is 18.0. The van der Waals surface area contributed by atoms with E-state index in [1.54, 1.807) is 17.5 Å². The van der Waals surface area contributed by atoms with Crippen LogP contribution in [0.15, 0.2) is 56.0 Å². The maximum Gasteiger partial charge on any atom is 0.331 e. The Morgan fingerprint density at radius 1 is 1.16 bits per heavy atom. The van der Waals surface area contributed by atoms with Gasteiger partial charge in [-0.2, -0.15) is 0 Å². The molecule has 7 heteroatoms. The Morgan fingerprint density at radius 3 is 2.52 bits per heavy atom. The highest BCUT2D eigenvalue weighted by atomic mass is 79.9. The molecule has 0 N–H and O–H groups in total. The summed E-state index contributed by atoms with van der Waals surface area (Å²) in [5.41, 5.74) is 1.05. The molecule has 2 aromatic heterocycles. The molecule has 0 spiro atoms. The molecule has 0 aliphatic heterocycles. The first-order valence-electron chi connectivity index (χ1n) is 7.93. The molecule has 5 nitrogen and oxygen atoms in total. The lowest BCUT2D eigenvalue weighted by molar-refractivity contribution is 0.601. The van der Waals surface area contributed by atoms with Gasteiger partial charge in [0, 0.05) is 17.5 Å². The van der Waals surface area contributed by atoms with Crippen molar-refractivity contribution < 1.29 is 0 Å². The maximum atomic E-state index is 12.8. The first kappa shape index (κ1) is 17.8. The summed E-state index contributed by atoms with van der Waals surface area (Å²) < 4.78 is 3.13. The van der Waals surface area contributed by atoms with Crippen molar-refractivity contribution >= 4 is 27.3 Å². The van der Waals surface area contributed by atoms with Crippen LogP contribution in [0.2, 0.25) is 0 Å². The van der Waals surface area contributed by atoms with E-state index in [1.807, 2.05) is 35.7 Å². The quantitative estimate of drug-likeness (QED) is 0.636. The molecule has 1 aromatic carbocycles. The van der Waals surface area contributed by atoms with Crippen molar-refractivity contribution in [1.82, 2.24) is 14.1 Å². The van der Waals surface area contributed by atoms with Crippen molar-refractivity contribution in [1.29, 1.82) is 0 Å². The van der Waals surface area contributed by atoms with Crippen molar-refractivity contribution in [2.24, 2.45) is 0 Å². The van der Waals surface area contributed by atoms with Gasteiger partial charge in [-0.3, -0.25) is 13.9 Å². The van der Waals surface area contributed by atoms with Gasteiger partial charge in [-0.25, -0.2) is 9.78 Å². The number of aromatic nitrogens is 3. The van der Waals surface area contributed by atoms with E-state index in [0.29, 0.717) is 16.9 Å². The highest BCUT2D eigenvalue weighted by molar-refractivity contribution is 9.10. The molecule has 0 radical (unpaired) electrons. The van der Waals surface area contributed by atoms with Crippen molar-refractivity contribution in [2.45, 2.75) is 32.9 Å². The normalized spacial score (nSPS) is 11.2. The Kier molecular flexibility index (Phi) is 5.34. The van der Waals surface area contributed by atoms with E-state index < -0.39 is 0 Å². The van der Waals surface area contributed by atoms with E-state index in [-0.39, 0.29) is 17.8 Å². The molecule has 0 amide bonds. The maximum absolute atomic E-state index is 12.8. The minimum atomic E-state index is -0.339. The molecule has 3 aromatic rings. The Morgan fingerprint density at radius 2 is 1.88 bits per heavy atom. The molecule has 3 rings (SSSR count). The third-order valence-corrected chi connectivity index (χ3v) is 5.51. The summed E-state index contributed by atoms with van der Waals surface area (Å²) in [6.45, 7) is 4.73. The lowest BCUT2D eigenvalue weighted by Gasteiger charge is -2.10. The smallest absolute Gasteiger partial charge is 0.295 e. The number of benzene rings is 1. The molecule has 130 valence electrons. The molecule has 0 aliphatic carbocycles. The van der Waals surface area contributed by atoms with E-state index in [2.05, 4.69) is 34.8 Å². The summed E-state index contributed by atoms with van der Waals surface area (Å²) >= 11 is 4.83. The number of halogens is 1. The van der Waals surface area contributed by atoms with Crippen molar-refractivity contribution in [3.05, 3.63) is 83.5 Å². The molecule has 0 atom stereocenters. The highest BCUT2D eigenvalue weighted by Gasteiger charge is 2.13. The average Bonchev–Trinajstić information content (AvgIpc) is 3.06. The summed E-state index contributed by atoms with van der Waals surface area (Å²) in [6.07, 6.45) is 1.55. The van der Waals surface area contributed by atoms with Gasteiger partial charge >= 0.3 is 5.69 Å². The zero-order valence-electron chi connectivity index (χ0n) is 14.0. The lowest BCUT2D eigenvalue weighted by Crippen LogP contribution is -2.40. The summed E-state index contributed by atoms with van der Waals surface area (Å²) in [5.74, 6) is 0.327. The molecule has 0 bridgehead atoms. The molecule has 0 saturated carbocycles. The van der Waals surface area contributed by atoms with Gasteiger partial charge in [0.05, 0.1) is 28.3 Å². The van der Waals surface area contributed by atoms with Crippen LogP contribution in [0.3, 0.4) is 0 Å². The first-order valence-corrected chi connectivity index (χ1v) is 9.61. The van der Waals surface area contributed by atoms with Gasteiger partial charge in [0.1, 0.15) is 0 Å². The van der Waals surface area contributed by atoms with Crippen LogP contribution in [-0.2, 0) is 13.1 Å². The Bertz CT molecular complexity index is 990. The Balaban J connectivity index is 1.98. The predicted molar refractivity (Wildman–Crippen MR) is 104 cm³/mol. The second-order valence-electron chi connectivity index (χ2n) is 6.10. The van der Waals surface area contributed by atoms with Gasteiger partial charge in [-0.15, -0.1) is 11.3 Å². The van der Waals surface area contributed by atoms with Crippen LogP contribution in [0.5, 0.6) is 0 Å². The summed E-state index contributed by atoms with van der Waals surface area (Å²) in [4.78, 5) is 29.7. The van der Waals surface area contributed by atoms with Crippen LogP contribution in [0.1, 0.15) is 36.0 Å². The van der Waals surface area contributed by atoms with E-state index in [1.165, 1.54) is 9.13 Å². The molecular weight excluding hydrogens is 402 g/mol. The largest absolute Gasteiger partial charge is 0.331 e. The fourth-order valence-corrected chi connectivity index (χ4v) is 3.76. The molecule has 25 heavy (non-hydrogen) atoms. The van der Waals surface area contributed by atoms with E-state index in [0.717, 1.165) is 16.3 Å². The van der Waals surface area contributed by atoms with Crippen LogP contribution >= 0.6 is 27.3 Å². The number of thiazole rings is 1. The SMILES string of the molecule is CC(C)c1nc(Cn2c(=O)c(Br)cn(Cc3ccccc3)c2=O)cs1. The fraction of sp³-hybridized carbons (Fsp3) is 0.278. The van der Waals surface area contributed by atoms with Gasteiger partial charge < -0.3 is 0 Å². The highest BCUT2D eigenvalue weighted by Crippen LogP contribution is 2.19. The van der Waals surface area contributed by atoms with Gasteiger partial charge in [0.2, 0.25) is 0 Å². The van der Waals surface area contributed by atoms with Crippen LogP contribution in [-0.4, -0.2) is 14.1 Å². The number of hydrogen-bond acceptors (Lipinski definition) is 4. The van der Waals surface area contributed by atoms with E-state index in [4.69, 9.17) is 0 Å². The standard InChI is InChI=1S/C18H18BrN3O2S/c1-12(2)16-20-14(11-25-16)9-22-17(23)15(19)10-21(18(22)24)8-13-6-4-3-5-7-13/h3-7,10-12H,8-9H2,1-2H3. The van der Waals surface area contributed by atoms with Crippen molar-refractivity contribution in [2.75, 3.05) is 0 Å². The first-order chi connectivity index (χ1) is 12.0. The van der Waals surface area contributed by atoms with Gasteiger partial charge in [0.15, 0.2) is 0 Å². The molecule has 2 heterocycles. The zero-order valence-corrected chi connectivity index (χ0v) is 16.4. The van der Waals surface area contributed by atoms with Gasteiger partial charge in [-0.05, 0) is 21.5 Å². The summed E-state index contributed by atoms with van der Waals surface area (Å²) in [6, 6.07) is 9.68. The topological polar surface area (TPSA) is 56.9 Å². The van der Waals surface area contributed by atoms with Crippen LogP contribution < -0.4 is 11.2 Å². The Hall–Kier alpha value is -1.99. The predicted octanol–water partition coefficient (Wildman–Crippen LogP) is 3.45. The summed E-state index contributed by atoms with van der Waals surface area (Å²) in [5, 5.41) is 2.91. The second kappa shape index (κ2) is 7.49. The molecule has 0 unspecified atom stereocenters. The van der Waals surface area contributed by atoms with E-state index in [9.17, 15) is 9.59 Å². The number of nitrogens with zero attached hydrogens (tertiary/aromatic N) is 3. The fourth-order valence-electron chi connectivity index (χ4n) is 2.47.